The normalized spacial score (nSPS) is 15.3. The molecule has 1 heterocycles. The van der Waals surface area contributed by atoms with Crippen LogP contribution < -0.4 is 14.8 Å². The minimum Gasteiger partial charge on any atom is -0.490 e. The Hall–Kier alpha value is -1.75. The van der Waals surface area contributed by atoms with Gasteiger partial charge in [0.2, 0.25) is 0 Å². The van der Waals surface area contributed by atoms with E-state index in [-0.39, 0.29) is 12.0 Å². The van der Waals surface area contributed by atoms with Crippen LogP contribution in [0.25, 0.3) is 0 Å². The molecule has 0 saturated heterocycles. The second kappa shape index (κ2) is 7.14. The average molecular weight is 279 g/mol. The predicted molar refractivity (Wildman–Crippen MR) is 75.3 cm³/mol. The maximum absolute atomic E-state index is 12.0. The third kappa shape index (κ3) is 4.13. The van der Waals surface area contributed by atoms with E-state index in [4.69, 9.17) is 14.6 Å². The van der Waals surface area contributed by atoms with E-state index in [0.717, 1.165) is 12.8 Å². The van der Waals surface area contributed by atoms with Crippen LogP contribution in [0.3, 0.4) is 0 Å². The van der Waals surface area contributed by atoms with E-state index < -0.39 is 0 Å². The van der Waals surface area contributed by atoms with Gasteiger partial charge in [-0.05, 0) is 38.0 Å². The van der Waals surface area contributed by atoms with Gasteiger partial charge in [0.1, 0.15) is 0 Å². The zero-order valence-corrected chi connectivity index (χ0v) is 11.7. The van der Waals surface area contributed by atoms with E-state index >= 15 is 0 Å². The summed E-state index contributed by atoms with van der Waals surface area (Å²) in [5, 5.41) is 12.0. The Bertz CT molecular complexity index is 459. The van der Waals surface area contributed by atoms with Crippen molar-refractivity contribution in [1.29, 1.82) is 0 Å². The molecule has 1 atom stereocenters. The molecular weight excluding hydrogens is 258 g/mol. The van der Waals surface area contributed by atoms with Crippen LogP contribution >= 0.6 is 0 Å². The molecular formula is C15H21NO4. The average Bonchev–Trinajstić information content (AvgIpc) is 2.67. The molecule has 1 amide bonds. The van der Waals surface area contributed by atoms with Crippen LogP contribution in [-0.2, 0) is 0 Å². The second-order valence-electron chi connectivity index (χ2n) is 4.96. The number of rotatable bonds is 5. The zero-order valence-electron chi connectivity index (χ0n) is 11.7. The van der Waals surface area contributed by atoms with Crippen molar-refractivity contribution >= 4 is 5.91 Å². The topological polar surface area (TPSA) is 67.8 Å². The molecule has 0 fully saturated rings. The quantitative estimate of drug-likeness (QED) is 0.806. The van der Waals surface area contributed by atoms with Gasteiger partial charge in [-0.1, -0.05) is 0 Å². The summed E-state index contributed by atoms with van der Waals surface area (Å²) in [5.74, 6) is 1.18. The largest absolute Gasteiger partial charge is 0.490 e. The Morgan fingerprint density at radius 1 is 1.35 bits per heavy atom. The first kappa shape index (κ1) is 14.7. The van der Waals surface area contributed by atoms with Crippen molar-refractivity contribution in [3.63, 3.8) is 0 Å². The maximum atomic E-state index is 12.0. The second-order valence-corrected chi connectivity index (χ2v) is 4.96. The lowest BCUT2D eigenvalue weighted by molar-refractivity contribution is 0.0949. The number of fused-ring (bicyclic) bond motifs is 1. The summed E-state index contributed by atoms with van der Waals surface area (Å²) in [7, 11) is 0. The van der Waals surface area contributed by atoms with Crippen LogP contribution in [0.1, 0.15) is 36.5 Å². The molecule has 0 aromatic heterocycles. The van der Waals surface area contributed by atoms with Crippen molar-refractivity contribution in [3.05, 3.63) is 23.8 Å². The summed E-state index contributed by atoms with van der Waals surface area (Å²) in [6, 6.07) is 5.22. The molecule has 20 heavy (non-hydrogen) atoms. The van der Waals surface area contributed by atoms with E-state index in [0.29, 0.717) is 43.2 Å². The van der Waals surface area contributed by atoms with Crippen LogP contribution in [0.4, 0.5) is 0 Å². The van der Waals surface area contributed by atoms with Crippen molar-refractivity contribution in [2.45, 2.75) is 32.3 Å². The van der Waals surface area contributed by atoms with Gasteiger partial charge < -0.3 is 19.9 Å². The van der Waals surface area contributed by atoms with Gasteiger partial charge in [-0.3, -0.25) is 4.79 Å². The van der Waals surface area contributed by atoms with Gasteiger partial charge in [0.25, 0.3) is 5.91 Å². The number of amides is 1. The highest BCUT2D eigenvalue weighted by Crippen LogP contribution is 2.30. The standard InChI is InChI=1S/C15H21NO4/c1-11(17)4-2-7-16-15(18)12-5-6-13-14(10-12)20-9-3-8-19-13/h5-6,10-11,17H,2-4,7-9H2,1H3,(H,16,18). The van der Waals surface area contributed by atoms with Crippen molar-refractivity contribution in [2.24, 2.45) is 0 Å². The number of hydrogen-bond donors (Lipinski definition) is 2. The van der Waals surface area contributed by atoms with Gasteiger partial charge in [0, 0.05) is 18.5 Å². The number of nitrogens with one attached hydrogen (secondary N) is 1. The van der Waals surface area contributed by atoms with E-state index in [2.05, 4.69) is 5.32 Å². The van der Waals surface area contributed by atoms with Crippen LogP contribution in [0.5, 0.6) is 11.5 Å². The fourth-order valence-electron chi connectivity index (χ4n) is 2.01. The Labute approximate surface area is 118 Å². The Kier molecular flexibility index (Phi) is 5.24. The van der Waals surface area contributed by atoms with E-state index in [9.17, 15) is 4.79 Å². The molecule has 0 spiro atoms. The number of ether oxygens (including phenoxy) is 2. The summed E-state index contributed by atoms with van der Waals surface area (Å²) in [6.45, 7) is 3.54. The molecule has 2 N–H and O–H groups in total. The fourth-order valence-corrected chi connectivity index (χ4v) is 2.01. The van der Waals surface area contributed by atoms with E-state index in [1.165, 1.54) is 0 Å². The summed E-state index contributed by atoms with van der Waals surface area (Å²) >= 11 is 0. The maximum Gasteiger partial charge on any atom is 0.251 e. The molecule has 0 bridgehead atoms. The lowest BCUT2D eigenvalue weighted by Crippen LogP contribution is -2.25. The number of benzene rings is 1. The van der Waals surface area contributed by atoms with Crippen LogP contribution in [0.15, 0.2) is 18.2 Å². The summed E-state index contributed by atoms with van der Waals surface area (Å²) in [6.07, 6.45) is 1.95. The smallest absolute Gasteiger partial charge is 0.251 e. The van der Waals surface area contributed by atoms with Gasteiger partial charge in [0.05, 0.1) is 19.3 Å². The van der Waals surface area contributed by atoms with Gasteiger partial charge in [0.15, 0.2) is 11.5 Å². The molecule has 110 valence electrons. The minimum absolute atomic E-state index is 0.133. The fraction of sp³-hybridized carbons (Fsp3) is 0.533. The highest BCUT2D eigenvalue weighted by molar-refractivity contribution is 5.94. The molecule has 5 nitrogen and oxygen atoms in total. The van der Waals surface area contributed by atoms with Crippen molar-refractivity contribution in [1.82, 2.24) is 5.32 Å². The number of hydrogen-bond acceptors (Lipinski definition) is 4. The molecule has 2 rings (SSSR count). The zero-order chi connectivity index (χ0) is 14.4. The minimum atomic E-state index is -0.329. The number of aliphatic hydroxyl groups is 1. The van der Waals surface area contributed by atoms with Gasteiger partial charge in [-0.15, -0.1) is 0 Å². The SMILES string of the molecule is CC(O)CCCNC(=O)c1ccc2c(c1)OCCCO2. The highest BCUT2D eigenvalue weighted by Gasteiger charge is 2.13. The first-order valence-corrected chi connectivity index (χ1v) is 7.03. The van der Waals surface area contributed by atoms with Crippen molar-refractivity contribution in [2.75, 3.05) is 19.8 Å². The molecule has 0 saturated carbocycles. The number of aliphatic hydroxyl groups excluding tert-OH is 1. The van der Waals surface area contributed by atoms with E-state index in [1.54, 1.807) is 25.1 Å². The Morgan fingerprint density at radius 3 is 2.85 bits per heavy atom. The van der Waals surface area contributed by atoms with Crippen molar-refractivity contribution < 1.29 is 19.4 Å². The van der Waals surface area contributed by atoms with Crippen LogP contribution in [0.2, 0.25) is 0 Å². The highest BCUT2D eigenvalue weighted by atomic mass is 16.5. The first-order valence-electron chi connectivity index (χ1n) is 7.03. The molecule has 1 unspecified atom stereocenters. The van der Waals surface area contributed by atoms with Crippen molar-refractivity contribution in [3.8, 4) is 11.5 Å². The predicted octanol–water partition coefficient (Wildman–Crippen LogP) is 1.74. The third-order valence-electron chi connectivity index (χ3n) is 3.09. The van der Waals surface area contributed by atoms with Gasteiger partial charge in [-0.2, -0.15) is 0 Å². The summed E-state index contributed by atoms with van der Waals surface area (Å²) in [5.41, 5.74) is 0.561. The third-order valence-corrected chi connectivity index (χ3v) is 3.09. The first-order chi connectivity index (χ1) is 9.66. The van der Waals surface area contributed by atoms with Crippen LogP contribution in [-0.4, -0.2) is 36.9 Å². The molecule has 1 aromatic rings. The number of carbonyl (C=O) groups excluding carboxylic acids is 1. The Balaban J connectivity index is 1.91. The van der Waals surface area contributed by atoms with Gasteiger partial charge >= 0.3 is 0 Å². The molecule has 1 aliphatic rings. The molecule has 1 aliphatic heterocycles. The monoisotopic (exact) mass is 279 g/mol. The summed E-state index contributed by atoms with van der Waals surface area (Å²) in [4.78, 5) is 12.0. The van der Waals surface area contributed by atoms with Gasteiger partial charge in [-0.25, -0.2) is 0 Å². The lowest BCUT2D eigenvalue weighted by atomic mass is 10.1. The summed E-state index contributed by atoms with van der Waals surface area (Å²) < 4.78 is 11.1. The number of carbonyl (C=O) groups is 1. The molecule has 5 heteroatoms. The van der Waals surface area contributed by atoms with E-state index in [1.807, 2.05) is 0 Å². The Morgan fingerprint density at radius 2 is 2.10 bits per heavy atom. The molecule has 0 radical (unpaired) electrons. The lowest BCUT2D eigenvalue weighted by Gasteiger charge is -2.10. The molecule has 1 aromatic carbocycles. The van der Waals surface area contributed by atoms with Crippen LogP contribution in [0, 0.1) is 0 Å². The molecule has 0 aliphatic carbocycles.